The monoisotopic (exact) mass is 378 g/mol. The Labute approximate surface area is 151 Å². The number of benzene rings is 2. The third kappa shape index (κ3) is 3.88. The van der Waals surface area contributed by atoms with Gasteiger partial charge in [-0.15, -0.1) is 10.2 Å². The van der Waals surface area contributed by atoms with Crippen LogP contribution in [-0.2, 0) is 11.8 Å². The van der Waals surface area contributed by atoms with Crippen LogP contribution in [0.5, 0.6) is 0 Å². The average Bonchev–Trinajstić information content (AvgIpc) is 2.97. The first kappa shape index (κ1) is 18.0. The van der Waals surface area contributed by atoms with E-state index >= 15 is 0 Å². The zero-order chi connectivity index (χ0) is 18.7. The van der Waals surface area contributed by atoms with E-state index in [0.29, 0.717) is 16.5 Å². The van der Waals surface area contributed by atoms with E-state index in [1.54, 1.807) is 29.8 Å². The standard InChI is InChI=1S/C17H13F3N4OS/c1-24-16(11-4-2-3-5-12(11)19)22-23-17(24)26-9-15(25)21-14-8-10(18)6-7-13(14)20/h2-8H,9H2,1H3,(H,21,25). The zero-order valence-corrected chi connectivity index (χ0v) is 14.4. The van der Waals surface area contributed by atoms with Crippen LogP contribution in [-0.4, -0.2) is 26.4 Å². The fraction of sp³-hybridized carbons (Fsp3) is 0.118. The van der Waals surface area contributed by atoms with Crippen LogP contribution in [0, 0.1) is 17.5 Å². The van der Waals surface area contributed by atoms with Gasteiger partial charge >= 0.3 is 0 Å². The molecule has 0 aliphatic rings. The van der Waals surface area contributed by atoms with Crippen molar-refractivity contribution in [3.63, 3.8) is 0 Å². The molecular weight excluding hydrogens is 365 g/mol. The third-order valence-electron chi connectivity index (χ3n) is 3.48. The van der Waals surface area contributed by atoms with Crippen molar-refractivity contribution < 1.29 is 18.0 Å². The third-order valence-corrected chi connectivity index (χ3v) is 4.50. The predicted octanol–water partition coefficient (Wildman–Crippen LogP) is 3.63. The molecule has 1 N–H and O–H groups in total. The minimum Gasteiger partial charge on any atom is -0.323 e. The van der Waals surface area contributed by atoms with Crippen molar-refractivity contribution in [2.24, 2.45) is 7.05 Å². The summed E-state index contributed by atoms with van der Waals surface area (Å²) in [4.78, 5) is 12.0. The molecule has 0 fully saturated rings. The van der Waals surface area contributed by atoms with Crippen molar-refractivity contribution in [2.45, 2.75) is 5.16 Å². The number of thioether (sulfide) groups is 1. The highest BCUT2D eigenvalue weighted by molar-refractivity contribution is 7.99. The van der Waals surface area contributed by atoms with Crippen LogP contribution in [0.25, 0.3) is 11.4 Å². The molecule has 0 aliphatic carbocycles. The number of rotatable bonds is 5. The number of nitrogens with zero attached hydrogens (tertiary/aromatic N) is 3. The van der Waals surface area contributed by atoms with Crippen LogP contribution in [0.3, 0.4) is 0 Å². The summed E-state index contributed by atoms with van der Waals surface area (Å²) in [5.74, 6) is -2.13. The first-order valence-electron chi connectivity index (χ1n) is 7.47. The lowest BCUT2D eigenvalue weighted by atomic mass is 10.2. The first-order valence-corrected chi connectivity index (χ1v) is 8.46. The minimum atomic E-state index is -0.731. The molecule has 0 saturated heterocycles. The highest BCUT2D eigenvalue weighted by atomic mass is 32.2. The number of carbonyl (C=O) groups excluding carboxylic acids is 1. The van der Waals surface area contributed by atoms with Gasteiger partial charge in [0.15, 0.2) is 11.0 Å². The summed E-state index contributed by atoms with van der Waals surface area (Å²) in [6.45, 7) is 0. The van der Waals surface area contributed by atoms with Gasteiger partial charge in [0.2, 0.25) is 5.91 Å². The summed E-state index contributed by atoms with van der Waals surface area (Å²) in [6, 6.07) is 8.94. The summed E-state index contributed by atoms with van der Waals surface area (Å²) in [5.41, 5.74) is 0.0567. The van der Waals surface area contributed by atoms with Gasteiger partial charge < -0.3 is 9.88 Å². The Morgan fingerprint density at radius 3 is 2.65 bits per heavy atom. The Bertz CT molecular complexity index is 961. The molecule has 26 heavy (non-hydrogen) atoms. The lowest BCUT2D eigenvalue weighted by molar-refractivity contribution is -0.113. The van der Waals surface area contributed by atoms with Crippen LogP contribution in [0.1, 0.15) is 0 Å². The Hall–Kier alpha value is -2.81. The molecule has 0 radical (unpaired) electrons. The van der Waals surface area contributed by atoms with E-state index in [1.165, 1.54) is 6.07 Å². The molecule has 0 bridgehead atoms. The summed E-state index contributed by atoms with van der Waals surface area (Å²) in [5, 5.41) is 10.6. The molecule has 3 aromatic rings. The maximum atomic E-state index is 13.9. The second-order valence-electron chi connectivity index (χ2n) is 5.31. The highest BCUT2D eigenvalue weighted by Gasteiger charge is 2.16. The molecule has 134 valence electrons. The molecule has 1 amide bonds. The van der Waals surface area contributed by atoms with Gasteiger partial charge in [0.05, 0.1) is 17.0 Å². The van der Waals surface area contributed by atoms with Crippen molar-refractivity contribution in [1.29, 1.82) is 0 Å². The second-order valence-corrected chi connectivity index (χ2v) is 6.25. The first-order chi connectivity index (χ1) is 12.5. The van der Waals surface area contributed by atoms with Crippen LogP contribution < -0.4 is 5.32 Å². The van der Waals surface area contributed by atoms with Crippen LogP contribution in [0.15, 0.2) is 47.6 Å². The molecule has 0 unspecified atom stereocenters. The molecule has 0 atom stereocenters. The molecular formula is C17H13F3N4OS. The number of amides is 1. The molecule has 3 rings (SSSR count). The van der Waals surface area contributed by atoms with E-state index < -0.39 is 23.4 Å². The number of carbonyl (C=O) groups is 1. The lowest BCUT2D eigenvalue weighted by Crippen LogP contribution is -2.15. The van der Waals surface area contributed by atoms with E-state index in [2.05, 4.69) is 15.5 Å². The summed E-state index contributed by atoms with van der Waals surface area (Å²) >= 11 is 1.04. The van der Waals surface area contributed by atoms with Gasteiger partial charge in [0.25, 0.3) is 0 Å². The topological polar surface area (TPSA) is 59.8 Å². The highest BCUT2D eigenvalue weighted by Crippen LogP contribution is 2.25. The number of nitrogens with one attached hydrogen (secondary N) is 1. The van der Waals surface area contributed by atoms with Crippen LogP contribution in [0.2, 0.25) is 0 Å². The Balaban J connectivity index is 1.68. The van der Waals surface area contributed by atoms with Crippen molar-refractivity contribution >= 4 is 23.4 Å². The number of halogens is 3. The van der Waals surface area contributed by atoms with E-state index in [1.807, 2.05) is 0 Å². The SMILES string of the molecule is Cn1c(SCC(=O)Nc2cc(F)ccc2F)nnc1-c1ccccc1F. The molecule has 5 nitrogen and oxygen atoms in total. The fourth-order valence-corrected chi connectivity index (χ4v) is 2.94. The molecule has 0 spiro atoms. The van der Waals surface area contributed by atoms with Gasteiger partial charge in [-0.25, -0.2) is 13.2 Å². The summed E-state index contributed by atoms with van der Waals surface area (Å²) in [7, 11) is 1.65. The molecule has 0 saturated carbocycles. The van der Waals surface area contributed by atoms with Gasteiger partial charge in [0, 0.05) is 13.1 Å². The van der Waals surface area contributed by atoms with Gasteiger partial charge in [-0.3, -0.25) is 4.79 Å². The van der Waals surface area contributed by atoms with Gasteiger partial charge in [-0.1, -0.05) is 23.9 Å². The Morgan fingerprint density at radius 1 is 1.12 bits per heavy atom. The van der Waals surface area contributed by atoms with Gasteiger partial charge in [-0.2, -0.15) is 0 Å². The quantitative estimate of drug-likeness (QED) is 0.689. The van der Waals surface area contributed by atoms with Crippen molar-refractivity contribution in [3.05, 3.63) is 59.9 Å². The number of aromatic nitrogens is 3. The lowest BCUT2D eigenvalue weighted by Gasteiger charge is -2.07. The predicted molar refractivity (Wildman–Crippen MR) is 92.1 cm³/mol. The van der Waals surface area contributed by atoms with Gasteiger partial charge in [-0.05, 0) is 24.3 Å². The van der Waals surface area contributed by atoms with E-state index in [0.717, 1.165) is 30.0 Å². The number of anilines is 1. The second kappa shape index (κ2) is 7.61. The van der Waals surface area contributed by atoms with Crippen molar-refractivity contribution in [3.8, 4) is 11.4 Å². The Kier molecular flexibility index (Phi) is 5.27. The maximum Gasteiger partial charge on any atom is 0.234 e. The molecule has 1 heterocycles. The molecule has 2 aromatic carbocycles. The van der Waals surface area contributed by atoms with E-state index in [-0.39, 0.29) is 11.4 Å². The fourth-order valence-electron chi connectivity index (χ4n) is 2.23. The number of hydrogen-bond donors (Lipinski definition) is 1. The summed E-state index contributed by atoms with van der Waals surface area (Å²) in [6.07, 6.45) is 0. The molecule has 9 heteroatoms. The van der Waals surface area contributed by atoms with Gasteiger partial charge in [0.1, 0.15) is 17.5 Å². The smallest absolute Gasteiger partial charge is 0.234 e. The van der Waals surface area contributed by atoms with E-state index in [4.69, 9.17) is 0 Å². The van der Waals surface area contributed by atoms with Crippen molar-refractivity contribution in [2.75, 3.05) is 11.1 Å². The van der Waals surface area contributed by atoms with Crippen LogP contribution >= 0.6 is 11.8 Å². The largest absolute Gasteiger partial charge is 0.323 e. The van der Waals surface area contributed by atoms with Crippen LogP contribution in [0.4, 0.5) is 18.9 Å². The van der Waals surface area contributed by atoms with E-state index in [9.17, 15) is 18.0 Å². The normalized spacial score (nSPS) is 10.8. The minimum absolute atomic E-state index is 0.0980. The maximum absolute atomic E-state index is 13.9. The molecule has 0 aliphatic heterocycles. The number of hydrogen-bond acceptors (Lipinski definition) is 4. The zero-order valence-electron chi connectivity index (χ0n) is 13.5. The van der Waals surface area contributed by atoms with Crippen molar-refractivity contribution in [1.82, 2.24) is 14.8 Å². The molecule has 1 aromatic heterocycles. The Morgan fingerprint density at radius 2 is 1.88 bits per heavy atom. The average molecular weight is 378 g/mol. The summed E-state index contributed by atoms with van der Waals surface area (Å²) < 4.78 is 42.1.